The van der Waals surface area contributed by atoms with Crippen LogP contribution in [0.25, 0.3) is 11.3 Å². The predicted molar refractivity (Wildman–Crippen MR) is 90.7 cm³/mol. The molecule has 0 saturated heterocycles. The van der Waals surface area contributed by atoms with Gasteiger partial charge in [0.25, 0.3) is 10.0 Å². The highest BCUT2D eigenvalue weighted by atomic mass is 32.2. The zero-order chi connectivity index (χ0) is 16.4. The topological polar surface area (TPSA) is 74.8 Å². The fourth-order valence-electron chi connectivity index (χ4n) is 2.39. The summed E-state index contributed by atoms with van der Waals surface area (Å²) in [5.74, 6) is 0.811. The van der Waals surface area contributed by atoms with Crippen LogP contribution in [0.1, 0.15) is 11.4 Å². The fourth-order valence-corrected chi connectivity index (χ4v) is 3.68. The van der Waals surface area contributed by atoms with Gasteiger partial charge in [0.1, 0.15) is 5.82 Å². The lowest BCUT2D eigenvalue weighted by molar-refractivity contribution is 0.600. The Morgan fingerprint density at radius 3 is 2.52 bits per heavy atom. The molecule has 0 radical (unpaired) electrons. The number of sulfonamides is 1. The lowest BCUT2D eigenvalue weighted by atomic mass is 10.1. The quantitative estimate of drug-likeness (QED) is 0.770. The Balaban J connectivity index is 1.93. The van der Waals surface area contributed by atoms with E-state index in [4.69, 9.17) is 0 Å². The van der Waals surface area contributed by atoms with Crippen molar-refractivity contribution in [2.24, 2.45) is 0 Å². The molecule has 2 N–H and O–H groups in total. The molecule has 6 heteroatoms. The van der Waals surface area contributed by atoms with Crippen LogP contribution in [0, 0.1) is 13.8 Å². The number of hydrogen-bond donors (Lipinski definition) is 2. The molecule has 3 rings (SSSR count). The van der Waals surface area contributed by atoms with Crippen molar-refractivity contribution in [2.75, 3.05) is 4.72 Å². The Hall–Kier alpha value is -2.60. The Bertz CT molecular complexity index is 946. The minimum atomic E-state index is -3.61. The summed E-state index contributed by atoms with van der Waals surface area (Å²) in [6, 6.07) is 14.1. The smallest absolute Gasteiger partial charge is 0.262 e. The van der Waals surface area contributed by atoms with Crippen LogP contribution in [0.15, 0.2) is 59.6 Å². The number of H-pyrrole nitrogens is 1. The van der Waals surface area contributed by atoms with Crippen LogP contribution >= 0.6 is 0 Å². The van der Waals surface area contributed by atoms with Crippen molar-refractivity contribution in [3.05, 3.63) is 66.1 Å². The third-order valence-corrected chi connectivity index (χ3v) is 5.05. The molecule has 1 heterocycles. The maximum Gasteiger partial charge on any atom is 0.262 e. The summed E-state index contributed by atoms with van der Waals surface area (Å²) >= 11 is 0. The van der Waals surface area contributed by atoms with E-state index in [-0.39, 0.29) is 4.90 Å². The van der Waals surface area contributed by atoms with Crippen LogP contribution in [0.2, 0.25) is 0 Å². The van der Waals surface area contributed by atoms with Crippen LogP contribution in [0.5, 0.6) is 0 Å². The van der Waals surface area contributed by atoms with Crippen molar-refractivity contribution >= 4 is 15.7 Å². The molecule has 0 aliphatic heterocycles. The van der Waals surface area contributed by atoms with Gasteiger partial charge >= 0.3 is 0 Å². The van der Waals surface area contributed by atoms with Gasteiger partial charge in [-0.2, -0.15) is 0 Å². The molecule has 0 aliphatic rings. The minimum Gasteiger partial charge on any atom is -0.342 e. The van der Waals surface area contributed by atoms with E-state index in [1.807, 2.05) is 19.1 Å². The van der Waals surface area contributed by atoms with Gasteiger partial charge in [-0.25, -0.2) is 13.4 Å². The first-order chi connectivity index (χ1) is 11.0. The normalized spacial score (nSPS) is 11.4. The molecule has 0 saturated carbocycles. The Morgan fingerprint density at radius 1 is 1.04 bits per heavy atom. The number of aromatic amines is 1. The van der Waals surface area contributed by atoms with Gasteiger partial charge in [0.15, 0.2) is 0 Å². The van der Waals surface area contributed by atoms with Crippen molar-refractivity contribution in [3.8, 4) is 11.3 Å². The molecule has 2 aromatic carbocycles. The van der Waals surface area contributed by atoms with Gasteiger partial charge in [-0.3, -0.25) is 4.72 Å². The molecule has 0 bridgehead atoms. The number of imidazole rings is 1. The van der Waals surface area contributed by atoms with E-state index in [0.717, 1.165) is 17.1 Å². The highest BCUT2D eigenvalue weighted by Gasteiger charge is 2.16. The van der Waals surface area contributed by atoms with Crippen LogP contribution in [-0.4, -0.2) is 18.4 Å². The average Bonchev–Trinajstić information content (AvgIpc) is 2.94. The number of nitrogens with one attached hydrogen (secondary N) is 2. The average molecular weight is 327 g/mol. The standard InChI is InChI=1S/C17H17N3O2S/c1-12-6-3-4-9-17(12)23(21,22)20-15-8-5-7-14(10-15)16-11-18-13(2)19-16/h3-11,20H,1-2H3,(H,18,19). The number of hydrogen-bond acceptors (Lipinski definition) is 3. The fraction of sp³-hybridized carbons (Fsp3) is 0.118. The van der Waals surface area contributed by atoms with Crippen molar-refractivity contribution in [1.82, 2.24) is 9.97 Å². The van der Waals surface area contributed by atoms with Crippen LogP contribution in [-0.2, 0) is 10.0 Å². The Labute approximate surface area is 135 Å². The summed E-state index contributed by atoms with van der Waals surface area (Å²) in [6.45, 7) is 3.65. The molecule has 23 heavy (non-hydrogen) atoms. The van der Waals surface area contributed by atoms with Crippen molar-refractivity contribution in [1.29, 1.82) is 0 Å². The van der Waals surface area contributed by atoms with Crippen LogP contribution in [0.3, 0.4) is 0 Å². The number of rotatable bonds is 4. The summed E-state index contributed by atoms with van der Waals surface area (Å²) in [5, 5.41) is 0. The second-order valence-corrected chi connectivity index (χ2v) is 6.98. The molecule has 0 fully saturated rings. The van der Waals surface area contributed by atoms with E-state index in [2.05, 4.69) is 14.7 Å². The molecule has 0 unspecified atom stereocenters. The third kappa shape index (κ3) is 3.27. The largest absolute Gasteiger partial charge is 0.342 e. The van der Waals surface area contributed by atoms with E-state index in [1.54, 1.807) is 49.5 Å². The molecule has 118 valence electrons. The predicted octanol–water partition coefficient (Wildman–Crippen LogP) is 3.49. The molecule has 3 aromatic rings. The van der Waals surface area contributed by atoms with E-state index < -0.39 is 10.0 Å². The second kappa shape index (κ2) is 5.89. The van der Waals surface area contributed by atoms with Gasteiger partial charge in [-0.05, 0) is 37.6 Å². The molecule has 5 nitrogen and oxygen atoms in total. The third-order valence-electron chi connectivity index (χ3n) is 3.51. The second-order valence-electron chi connectivity index (χ2n) is 5.33. The van der Waals surface area contributed by atoms with Gasteiger partial charge in [0.05, 0.1) is 16.8 Å². The zero-order valence-electron chi connectivity index (χ0n) is 12.9. The van der Waals surface area contributed by atoms with Crippen LogP contribution in [0.4, 0.5) is 5.69 Å². The molecule has 0 atom stereocenters. The monoisotopic (exact) mass is 327 g/mol. The lowest BCUT2D eigenvalue weighted by Crippen LogP contribution is -2.14. The molecular formula is C17H17N3O2S. The van der Waals surface area contributed by atoms with Gasteiger partial charge in [-0.15, -0.1) is 0 Å². The maximum atomic E-state index is 12.5. The first-order valence-electron chi connectivity index (χ1n) is 7.16. The maximum absolute atomic E-state index is 12.5. The highest BCUT2D eigenvalue weighted by Crippen LogP contribution is 2.24. The lowest BCUT2D eigenvalue weighted by Gasteiger charge is -2.11. The Kier molecular flexibility index (Phi) is 3.92. The summed E-state index contributed by atoms with van der Waals surface area (Å²) in [7, 11) is -3.61. The summed E-state index contributed by atoms with van der Waals surface area (Å²) < 4.78 is 27.7. The van der Waals surface area contributed by atoms with Gasteiger partial charge in [0.2, 0.25) is 0 Å². The van der Waals surface area contributed by atoms with Crippen molar-refractivity contribution in [3.63, 3.8) is 0 Å². The molecular weight excluding hydrogens is 310 g/mol. The Morgan fingerprint density at radius 2 is 1.83 bits per heavy atom. The molecule has 0 aliphatic carbocycles. The zero-order valence-corrected chi connectivity index (χ0v) is 13.7. The number of aryl methyl sites for hydroxylation is 2. The van der Waals surface area contributed by atoms with E-state index in [0.29, 0.717) is 11.3 Å². The van der Waals surface area contributed by atoms with Gasteiger partial charge < -0.3 is 4.98 Å². The molecule has 0 amide bonds. The molecule has 0 spiro atoms. The van der Waals surface area contributed by atoms with E-state index in [9.17, 15) is 8.42 Å². The first kappa shape index (κ1) is 15.3. The summed E-state index contributed by atoms with van der Waals surface area (Å²) in [4.78, 5) is 7.58. The number of aromatic nitrogens is 2. The van der Waals surface area contributed by atoms with Crippen LogP contribution < -0.4 is 4.72 Å². The van der Waals surface area contributed by atoms with Gasteiger partial charge in [0, 0.05) is 11.3 Å². The minimum absolute atomic E-state index is 0.280. The van der Waals surface area contributed by atoms with E-state index >= 15 is 0 Å². The summed E-state index contributed by atoms with van der Waals surface area (Å²) in [6.07, 6.45) is 1.73. The number of anilines is 1. The van der Waals surface area contributed by atoms with Gasteiger partial charge in [-0.1, -0.05) is 30.3 Å². The highest BCUT2D eigenvalue weighted by molar-refractivity contribution is 7.92. The first-order valence-corrected chi connectivity index (χ1v) is 8.64. The summed E-state index contributed by atoms with van der Waals surface area (Å²) in [5.41, 5.74) is 2.94. The molecule has 1 aromatic heterocycles. The number of benzene rings is 2. The number of nitrogens with zero attached hydrogens (tertiary/aromatic N) is 1. The van der Waals surface area contributed by atoms with Crippen molar-refractivity contribution in [2.45, 2.75) is 18.7 Å². The van der Waals surface area contributed by atoms with E-state index in [1.165, 1.54) is 0 Å². The SMILES string of the molecule is Cc1ncc(-c2cccc(NS(=O)(=O)c3ccccc3C)c2)[nH]1. The van der Waals surface area contributed by atoms with Crippen molar-refractivity contribution < 1.29 is 8.42 Å².